The van der Waals surface area contributed by atoms with E-state index >= 15 is 0 Å². The van der Waals surface area contributed by atoms with Crippen LogP contribution in [0.5, 0.6) is 5.75 Å². The molecule has 1 aromatic rings. The van der Waals surface area contributed by atoms with Gasteiger partial charge in [0, 0.05) is 18.3 Å². The summed E-state index contributed by atoms with van der Waals surface area (Å²) in [6.45, 7) is 7.06. The Balaban J connectivity index is 2.21. The number of nitrogens with zero attached hydrogens (tertiary/aromatic N) is 1. The molecule has 2 heteroatoms. The van der Waals surface area contributed by atoms with Gasteiger partial charge in [-0.05, 0) is 44.0 Å². The number of hydrogen-bond acceptors (Lipinski definition) is 2. The number of anilines is 1. The number of rotatable bonds is 4. The Labute approximate surface area is 110 Å². The van der Waals surface area contributed by atoms with Crippen LogP contribution in [0.1, 0.15) is 19.8 Å². The average molecular weight is 243 g/mol. The highest BCUT2D eigenvalue weighted by Gasteiger charge is 2.20. The van der Waals surface area contributed by atoms with Crippen molar-refractivity contribution in [2.75, 3.05) is 18.6 Å². The molecular weight excluding hydrogens is 222 g/mol. The van der Waals surface area contributed by atoms with E-state index in [1.165, 1.54) is 11.3 Å². The lowest BCUT2D eigenvalue weighted by Gasteiger charge is -2.36. The molecule has 1 aliphatic heterocycles. The summed E-state index contributed by atoms with van der Waals surface area (Å²) < 4.78 is 5.21. The van der Waals surface area contributed by atoms with Gasteiger partial charge in [-0.3, -0.25) is 0 Å². The van der Waals surface area contributed by atoms with Gasteiger partial charge in [-0.15, -0.1) is 6.58 Å². The highest BCUT2D eigenvalue weighted by molar-refractivity contribution is 5.52. The summed E-state index contributed by atoms with van der Waals surface area (Å²) in [4.78, 5) is 2.45. The van der Waals surface area contributed by atoms with Gasteiger partial charge >= 0.3 is 0 Å². The van der Waals surface area contributed by atoms with Crippen molar-refractivity contribution in [2.24, 2.45) is 0 Å². The molecule has 18 heavy (non-hydrogen) atoms. The van der Waals surface area contributed by atoms with Gasteiger partial charge < -0.3 is 9.64 Å². The zero-order valence-electron chi connectivity index (χ0n) is 11.2. The van der Waals surface area contributed by atoms with Crippen LogP contribution in [0.2, 0.25) is 0 Å². The fourth-order valence-electron chi connectivity index (χ4n) is 2.42. The summed E-state index contributed by atoms with van der Waals surface area (Å²) in [5.41, 5.74) is 2.70. The Morgan fingerprint density at radius 3 is 2.72 bits per heavy atom. The highest BCUT2D eigenvalue weighted by Crippen LogP contribution is 2.27. The molecule has 0 unspecified atom stereocenters. The van der Waals surface area contributed by atoms with Crippen LogP contribution in [-0.2, 0) is 0 Å². The Kier molecular flexibility index (Phi) is 4.08. The molecule has 1 atom stereocenters. The second-order valence-electron chi connectivity index (χ2n) is 4.79. The quantitative estimate of drug-likeness (QED) is 0.746. The second-order valence-corrected chi connectivity index (χ2v) is 4.79. The molecule has 2 rings (SSSR count). The van der Waals surface area contributed by atoms with Crippen LogP contribution < -0.4 is 9.64 Å². The van der Waals surface area contributed by atoms with Gasteiger partial charge in [0.25, 0.3) is 0 Å². The third-order valence-corrected chi connectivity index (χ3v) is 3.44. The topological polar surface area (TPSA) is 12.5 Å². The summed E-state index contributed by atoms with van der Waals surface area (Å²) in [5.74, 6) is 0.906. The van der Waals surface area contributed by atoms with Crippen molar-refractivity contribution in [1.82, 2.24) is 0 Å². The van der Waals surface area contributed by atoms with Crippen LogP contribution in [0, 0.1) is 0 Å². The van der Waals surface area contributed by atoms with E-state index in [2.05, 4.69) is 36.6 Å². The molecule has 0 amide bonds. The maximum Gasteiger partial charge on any atom is 0.119 e. The molecule has 0 saturated carbocycles. The zero-order valence-corrected chi connectivity index (χ0v) is 11.2. The summed E-state index contributed by atoms with van der Waals surface area (Å²) in [5, 5.41) is 0. The predicted octanol–water partition coefficient (Wildman–Crippen LogP) is 3.80. The number of ether oxygens (including phenoxy) is 1. The first kappa shape index (κ1) is 12.7. The molecule has 0 aromatic heterocycles. The first-order valence-electron chi connectivity index (χ1n) is 6.42. The maximum atomic E-state index is 5.21. The molecule has 0 bridgehead atoms. The minimum atomic E-state index is 0.527. The molecule has 0 N–H and O–H groups in total. The molecule has 0 radical (unpaired) electrons. The van der Waals surface area contributed by atoms with E-state index in [1.54, 1.807) is 7.11 Å². The molecule has 0 saturated heterocycles. The van der Waals surface area contributed by atoms with E-state index < -0.39 is 0 Å². The molecular formula is C16H21NO. The van der Waals surface area contributed by atoms with Gasteiger partial charge in [0.2, 0.25) is 0 Å². The summed E-state index contributed by atoms with van der Waals surface area (Å²) in [6.07, 6.45) is 6.48. The number of hydrogen-bond donors (Lipinski definition) is 0. The van der Waals surface area contributed by atoms with Crippen molar-refractivity contribution >= 4 is 5.69 Å². The van der Waals surface area contributed by atoms with Crippen molar-refractivity contribution in [2.45, 2.75) is 25.8 Å². The van der Waals surface area contributed by atoms with E-state index in [0.29, 0.717) is 6.04 Å². The van der Waals surface area contributed by atoms with Crippen molar-refractivity contribution in [3.63, 3.8) is 0 Å². The molecule has 1 heterocycles. The summed E-state index contributed by atoms with van der Waals surface area (Å²) >= 11 is 0. The molecule has 1 aliphatic rings. The Morgan fingerprint density at radius 2 is 2.11 bits per heavy atom. The number of methoxy groups -OCH3 is 1. The average Bonchev–Trinajstić information content (AvgIpc) is 2.41. The monoisotopic (exact) mass is 243 g/mol. The van der Waals surface area contributed by atoms with E-state index in [-0.39, 0.29) is 0 Å². The zero-order chi connectivity index (χ0) is 13.0. The highest BCUT2D eigenvalue weighted by atomic mass is 16.5. The smallest absolute Gasteiger partial charge is 0.119 e. The van der Waals surface area contributed by atoms with Crippen LogP contribution >= 0.6 is 0 Å². The van der Waals surface area contributed by atoms with E-state index in [4.69, 9.17) is 4.74 Å². The van der Waals surface area contributed by atoms with Crippen LogP contribution in [0.3, 0.4) is 0 Å². The van der Waals surface area contributed by atoms with Crippen molar-refractivity contribution in [3.05, 3.63) is 48.6 Å². The Bertz CT molecular complexity index is 433. The first-order chi connectivity index (χ1) is 8.74. The fourth-order valence-corrected chi connectivity index (χ4v) is 2.42. The van der Waals surface area contributed by atoms with Crippen LogP contribution in [0.15, 0.2) is 48.6 Å². The van der Waals surface area contributed by atoms with Gasteiger partial charge in [-0.2, -0.15) is 0 Å². The van der Waals surface area contributed by atoms with Crippen molar-refractivity contribution in [1.29, 1.82) is 0 Å². The lowest BCUT2D eigenvalue weighted by molar-refractivity contribution is 0.414. The predicted molar refractivity (Wildman–Crippen MR) is 77.3 cm³/mol. The van der Waals surface area contributed by atoms with Crippen LogP contribution in [-0.4, -0.2) is 19.7 Å². The van der Waals surface area contributed by atoms with Crippen molar-refractivity contribution < 1.29 is 4.74 Å². The minimum absolute atomic E-state index is 0.527. The molecule has 0 fully saturated rings. The van der Waals surface area contributed by atoms with E-state index in [9.17, 15) is 0 Å². The van der Waals surface area contributed by atoms with Crippen LogP contribution in [0.4, 0.5) is 5.69 Å². The second kappa shape index (κ2) is 5.76. The largest absolute Gasteiger partial charge is 0.497 e. The molecule has 0 spiro atoms. The van der Waals surface area contributed by atoms with E-state index in [1.807, 2.05) is 18.2 Å². The summed E-state index contributed by atoms with van der Waals surface area (Å²) in [7, 11) is 1.70. The van der Waals surface area contributed by atoms with Gasteiger partial charge in [0.15, 0.2) is 0 Å². The van der Waals surface area contributed by atoms with Gasteiger partial charge in [0.1, 0.15) is 5.75 Å². The third-order valence-electron chi connectivity index (χ3n) is 3.44. The number of benzene rings is 1. The SMILES string of the molecule is C=CC[C@H]1CC=C(C)CN1c1ccc(OC)cc1. The first-order valence-corrected chi connectivity index (χ1v) is 6.42. The van der Waals surface area contributed by atoms with Gasteiger partial charge in [-0.1, -0.05) is 17.7 Å². The van der Waals surface area contributed by atoms with E-state index in [0.717, 1.165) is 25.1 Å². The normalized spacial score (nSPS) is 19.3. The third kappa shape index (κ3) is 2.76. The van der Waals surface area contributed by atoms with Gasteiger partial charge in [-0.25, -0.2) is 0 Å². The van der Waals surface area contributed by atoms with Gasteiger partial charge in [0.05, 0.1) is 7.11 Å². The lowest BCUT2D eigenvalue weighted by atomic mass is 10.00. The Hall–Kier alpha value is -1.70. The Morgan fingerprint density at radius 1 is 1.39 bits per heavy atom. The van der Waals surface area contributed by atoms with Crippen LogP contribution in [0.25, 0.3) is 0 Å². The standard InChI is InChI=1S/C16H21NO/c1-4-5-14-7-6-13(2)12-17(14)15-8-10-16(18-3)11-9-15/h4,6,8-11,14H,1,5,7,12H2,2-3H3/t14-/m0/s1. The fraction of sp³-hybridized carbons (Fsp3) is 0.375. The molecule has 1 aromatic carbocycles. The van der Waals surface area contributed by atoms with Crippen molar-refractivity contribution in [3.8, 4) is 5.75 Å². The lowest BCUT2D eigenvalue weighted by Crippen LogP contribution is -2.38. The molecule has 0 aliphatic carbocycles. The minimum Gasteiger partial charge on any atom is -0.497 e. The molecule has 2 nitrogen and oxygen atoms in total. The maximum absolute atomic E-state index is 5.21. The molecule has 96 valence electrons. The summed E-state index contributed by atoms with van der Waals surface area (Å²) in [6, 6.07) is 8.84.